The van der Waals surface area contributed by atoms with Gasteiger partial charge < -0.3 is 4.90 Å². The van der Waals surface area contributed by atoms with Crippen molar-refractivity contribution in [2.45, 2.75) is 26.7 Å². The molecule has 1 fully saturated rings. The van der Waals surface area contributed by atoms with E-state index in [0.29, 0.717) is 32.9 Å². The molecular formula is C18H19ClFN5. The number of rotatable bonds is 2. The van der Waals surface area contributed by atoms with Crippen LogP contribution in [0.25, 0.3) is 22.4 Å². The van der Waals surface area contributed by atoms with E-state index >= 15 is 0 Å². The normalized spacial score (nSPS) is 17.2. The van der Waals surface area contributed by atoms with Crippen LogP contribution in [0, 0.1) is 11.2 Å². The van der Waals surface area contributed by atoms with E-state index in [9.17, 15) is 4.39 Å². The number of hydrogen-bond donors (Lipinski definition) is 1. The fourth-order valence-electron chi connectivity index (χ4n) is 3.16. The monoisotopic (exact) mass is 359 g/mol. The van der Waals surface area contributed by atoms with E-state index in [1.165, 1.54) is 6.07 Å². The van der Waals surface area contributed by atoms with Crippen LogP contribution in [-0.2, 0) is 0 Å². The summed E-state index contributed by atoms with van der Waals surface area (Å²) < 4.78 is 14.2. The maximum atomic E-state index is 14.2. The Morgan fingerprint density at radius 3 is 2.72 bits per heavy atom. The summed E-state index contributed by atoms with van der Waals surface area (Å²) in [7, 11) is 0. The number of H-pyrrole nitrogens is 1. The summed E-state index contributed by atoms with van der Waals surface area (Å²) in [5.41, 5.74) is 2.32. The fourth-order valence-corrected chi connectivity index (χ4v) is 3.32. The SMILES string of the molecule is CC1(C)CCN(c2cnc3c(-c4ccc(Cl)cc4F)[nH]nc3n2)CC1. The molecule has 1 aliphatic rings. The van der Waals surface area contributed by atoms with Crippen LogP contribution in [0.4, 0.5) is 10.2 Å². The largest absolute Gasteiger partial charge is 0.355 e. The van der Waals surface area contributed by atoms with Crippen LogP contribution in [0.1, 0.15) is 26.7 Å². The van der Waals surface area contributed by atoms with Gasteiger partial charge in [-0.15, -0.1) is 0 Å². The lowest BCUT2D eigenvalue weighted by molar-refractivity contribution is 0.279. The first kappa shape index (κ1) is 16.3. The Labute approximate surface area is 150 Å². The van der Waals surface area contributed by atoms with Gasteiger partial charge >= 0.3 is 0 Å². The topological polar surface area (TPSA) is 57.7 Å². The summed E-state index contributed by atoms with van der Waals surface area (Å²) in [6.07, 6.45) is 3.98. The number of halogens is 2. The van der Waals surface area contributed by atoms with Gasteiger partial charge in [0.15, 0.2) is 0 Å². The van der Waals surface area contributed by atoms with Crippen molar-refractivity contribution in [2.75, 3.05) is 18.0 Å². The van der Waals surface area contributed by atoms with Gasteiger partial charge in [-0.1, -0.05) is 25.4 Å². The van der Waals surface area contributed by atoms with Crippen molar-refractivity contribution in [1.82, 2.24) is 20.2 Å². The summed E-state index contributed by atoms with van der Waals surface area (Å²) in [5.74, 6) is 0.403. The Hall–Kier alpha value is -2.21. The van der Waals surface area contributed by atoms with Crippen LogP contribution >= 0.6 is 11.6 Å². The molecule has 1 N–H and O–H groups in total. The number of aromatic nitrogens is 4. The molecule has 7 heteroatoms. The minimum absolute atomic E-state index is 0.353. The van der Waals surface area contributed by atoms with Crippen molar-refractivity contribution >= 4 is 28.6 Å². The van der Waals surface area contributed by atoms with Crippen LogP contribution in [0.3, 0.4) is 0 Å². The summed E-state index contributed by atoms with van der Waals surface area (Å²) >= 11 is 5.82. The van der Waals surface area contributed by atoms with E-state index in [2.05, 4.69) is 38.9 Å². The van der Waals surface area contributed by atoms with Crippen LogP contribution in [0.2, 0.25) is 5.02 Å². The van der Waals surface area contributed by atoms with Gasteiger partial charge in [0.2, 0.25) is 5.65 Å². The molecule has 25 heavy (non-hydrogen) atoms. The first-order chi connectivity index (χ1) is 11.9. The smallest absolute Gasteiger partial charge is 0.202 e. The Kier molecular flexibility index (Phi) is 3.87. The second-order valence-electron chi connectivity index (χ2n) is 7.27. The van der Waals surface area contributed by atoms with E-state index < -0.39 is 5.82 Å². The number of anilines is 1. The molecule has 3 aromatic rings. The van der Waals surface area contributed by atoms with Gasteiger partial charge in [-0.25, -0.2) is 14.4 Å². The summed E-state index contributed by atoms with van der Waals surface area (Å²) in [6.45, 7) is 6.49. The van der Waals surface area contributed by atoms with Crippen LogP contribution in [0.15, 0.2) is 24.4 Å². The number of nitrogens with one attached hydrogen (secondary N) is 1. The number of aromatic amines is 1. The predicted octanol–water partition coefficient (Wildman–Crippen LogP) is 4.44. The Morgan fingerprint density at radius 1 is 1.24 bits per heavy atom. The third-order valence-electron chi connectivity index (χ3n) is 4.89. The van der Waals surface area contributed by atoms with Gasteiger partial charge in [-0.3, -0.25) is 5.10 Å². The fraction of sp³-hybridized carbons (Fsp3) is 0.389. The first-order valence-corrected chi connectivity index (χ1v) is 8.72. The van der Waals surface area contributed by atoms with E-state index in [1.807, 2.05) is 0 Å². The molecule has 0 aliphatic carbocycles. The van der Waals surface area contributed by atoms with Crippen molar-refractivity contribution in [3.8, 4) is 11.3 Å². The zero-order valence-electron chi connectivity index (χ0n) is 14.2. The molecule has 1 aliphatic heterocycles. The standard InChI is InChI=1S/C18H19ClFN5/c1-18(2)5-7-25(8-6-18)14-10-21-16-15(23-24-17(16)22-14)12-4-3-11(19)9-13(12)20/h3-4,9-10H,5-8H2,1-2H3,(H,22,23,24). The van der Waals surface area contributed by atoms with Crippen molar-refractivity contribution in [3.05, 3.63) is 35.2 Å². The molecule has 0 amide bonds. The molecule has 3 heterocycles. The third kappa shape index (κ3) is 3.06. The second kappa shape index (κ2) is 5.95. The van der Waals surface area contributed by atoms with Crippen molar-refractivity contribution in [3.63, 3.8) is 0 Å². The minimum Gasteiger partial charge on any atom is -0.355 e. The Morgan fingerprint density at radius 2 is 2.00 bits per heavy atom. The number of benzene rings is 1. The summed E-state index contributed by atoms with van der Waals surface area (Å²) in [6, 6.07) is 4.54. The molecule has 0 spiro atoms. The van der Waals surface area contributed by atoms with Crippen molar-refractivity contribution < 1.29 is 4.39 Å². The van der Waals surface area contributed by atoms with E-state index in [-0.39, 0.29) is 0 Å². The molecule has 4 rings (SSSR count). The third-order valence-corrected chi connectivity index (χ3v) is 5.13. The van der Waals surface area contributed by atoms with Gasteiger partial charge in [0.1, 0.15) is 17.2 Å². The second-order valence-corrected chi connectivity index (χ2v) is 7.71. The maximum Gasteiger partial charge on any atom is 0.202 e. The number of nitrogens with zero attached hydrogens (tertiary/aromatic N) is 4. The quantitative estimate of drug-likeness (QED) is 0.735. The molecule has 1 aromatic carbocycles. The highest BCUT2D eigenvalue weighted by Gasteiger charge is 2.26. The zero-order valence-corrected chi connectivity index (χ0v) is 14.9. The minimum atomic E-state index is -0.415. The van der Waals surface area contributed by atoms with Gasteiger partial charge in [0.25, 0.3) is 0 Å². The molecule has 0 radical (unpaired) electrons. The molecule has 2 aromatic heterocycles. The van der Waals surface area contributed by atoms with Crippen LogP contribution < -0.4 is 4.90 Å². The highest BCUT2D eigenvalue weighted by Crippen LogP contribution is 2.33. The molecule has 130 valence electrons. The lowest BCUT2D eigenvalue weighted by atomic mass is 9.83. The molecule has 1 saturated heterocycles. The highest BCUT2D eigenvalue weighted by atomic mass is 35.5. The average Bonchev–Trinajstić information content (AvgIpc) is 2.98. The van der Waals surface area contributed by atoms with E-state index in [4.69, 9.17) is 11.6 Å². The average molecular weight is 360 g/mol. The number of fused-ring (bicyclic) bond motifs is 1. The van der Waals surface area contributed by atoms with Crippen molar-refractivity contribution in [1.29, 1.82) is 0 Å². The van der Waals surface area contributed by atoms with E-state index in [1.54, 1.807) is 18.3 Å². The van der Waals surface area contributed by atoms with Gasteiger partial charge in [-0.2, -0.15) is 5.10 Å². The van der Waals surface area contributed by atoms with E-state index in [0.717, 1.165) is 31.7 Å². The highest BCUT2D eigenvalue weighted by molar-refractivity contribution is 6.30. The van der Waals surface area contributed by atoms with Gasteiger partial charge in [-0.05, 0) is 36.5 Å². The Balaban J connectivity index is 1.68. The molecule has 0 unspecified atom stereocenters. The lowest BCUT2D eigenvalue weighted by Gasteiger charge is -2.37. The molecular weight excluding hydrogens is 341 g/mol. The predicted molar refractivity (Wildman–Crippen MR) is 97.3 cm³/mol. The zero-order chi connectivity index (χ0) is 17.6. The van der Waals surface area contributed by atoms with Crippen LogP contribution in [-0.4, -0.2) is 33.3 Å². The van der Waals surface area contributed by atoms with Crippen molar-refractivity contribution in [2.24, 2.45) is 5.41 Å². The van der Waals surface area contributed by atoms with Gasteiger partial charge in [0.05, 0.1) is 11.9 Å². The Bertz CT molecular complexity index is 926. The van der Waals surface area contributed by atoms with Gasteiger partial charge in [0, 0.05) is 23.7 Å². The number of hydrogen-bond acceptors (Lipinski definition) is 4. The number of piperidine rings is 1. The van der Waals surface area contributed by atoms with Crippen LogP contribution in [0.5, 0.6) is 0 Å². The molecule has 5 nitrogen and oxygen atoms in total. The molecule has 0 atom stereocenters. The summed E-state index contributed by atoms with van der Waals surface area (Å²) in [5, 5.41) is 7.43. The summed E-state index contributed by atoms with van der Waals surface area (Å²) in [4.78, 5) is 11.3. The molecule has 0 bridgehead atoms. The first-order valence-electron chi connectivity index (χ1n) is 8.34. The lowest BCUT2D eigenvalue weighted by Crippen LogP contribution is -2.37. The molecule has 0 saturated carbocycles. The maximum absolute atomic E-state index is 14.2.